The number of H-pyrrole nitrogens is 1. The molecule has 1 unspecified atom stereocenters. The lowest BCUT2D eigenvalue weighted by Gasteiger charge is -2.08. The first-order valence-corrected chi connectivity index (χ1v) is 4.85. The van der Waals surface area contributed by atoms with Gasteiger partial charge in [0.05, 0.1) is 5.52 Å². The molecule has 0 saturated carbocycles. The number of aromatic nitrogens is 2. The van der Waals surface area contributed by atoms with Gasteiger partial charge in [0, 0.05) is 17.9 Å². The molecule has 2 aromatic rings. The van der Waals surface area contributed by atoms with Crippen LogP contribution in [0.1, 0.15) is 18.4 Å². The Morgan fingerprint density at radius 3 is 3.07 bits per heavy atom. The first-order valence-electron chi connectivity index (χ1n) is 4.47. The van der Waals surface area contributed by atoms with Gasteiger partial charge in [-0.3, -0.25) is 5.10 Å². The van der Waals surface area contributed by atoms with Gasteiger partial charge in [0.2, 0.25) is 0 Å². The van der Waals surface area contributed by atoms with Gasteiger partial charge in [0.25, 0.3) is 0 Å². The molecule has 2 rings (SSSR count). The van der Waals surface area contributed by atoms with Crippen molar-refractivity contribution in [3.05, 3.63) is 28.9 Å². The van der Waals surface area contributed by atoms with E-state index in [1.807, 2.05) is 25.1 Å². The summed E-state index contributed by atoms with van der Waals surface area (Å²) in [4.78, 5) is 0. The molecule has 3 nitrogen and oxygen atoms in total. The minimum atomic E-state index is 0.0776. The van der Waals surface area contributed by atoms with Gasteiger partial charge in [-0.2, -0.15) is 5.10 Å². The van der Waals surface area contributed by atoms with Gasteiger partial charge in [-0.05, 0) is 11.6 Å². The number of aliphatic hydroxyl groups excluding tert-OH is 1. The van der Waals surface area contributed by atoms with Crippen molar-refractivity contribution in [2.45, 2.75) is 12.8 Å². The number of nitrogens with one attached hydrogen (secondary N) is 1. The van der Waals surface area contributed by atoms with E-state index >= 15 is 0 Å². The maximum atomic E-state index is 9.10. The summed E-state index contributed by atoms with van der Waals surface area (Å²) >= 11 is 5.98. The number of benzene rings is 1. The molecule has 0 aliphatic heterocycles. The van der Waals surface area contributed by atoms with Crippen molar-refractivity contribution in [1.29, 1.82) is 0 Å². The van der Waals surface area contributed by atoms with E-state index in [0.717, 1.165) is 16.5 Å². The molecular weight excluding hydrogens is 200 g/mol. The number of hydrogen-bond acceptors (Lipinski definition) is 2. The monoisotopic (exact) mass is 210 g/mol. The van der Waals surface area contributed by atoms with Crippen LogP contribution in [-0.2, 0) is 0 Å². The third-order valence-electron chi connectivity index (χ3n) is 2.37. The summed E-state index contributed by atoms with van der Waals surface area (Å²) in [7, 11) is 0. The Morgan fingerprint density at radius 2 is 2.36 bits per heavy atom. The fourth-order valence-electron chi connectivity index (χ4n) is 1.56. The molecule has 1 aromatic carbocycles. The molecule has 74 valence electrons. The Hall–Kier alpha value is -1.06. The summed E-state index contributed by atoms with van der Waals surface area (Å²) in [5, 5.41) is 17.3. The van der Waals surface area contributed by atoms with Gasteiger partial charge >= 0.3 is 0 Å². The predicted molar refractivity (Wildman–Crippen MR) is 56.6 cm³/mol. The van der Waals surface area contributed by atoms with Crippen LogP contribution >= 0.6 is 11.6 Å². The number of fused-ring (bicyclic) bond motifs is 1. The zero-order valence-electron chi connectivity index (χ0n) is 7.79. The SMILES string of the molecule is CC(CO)c1cccc2n[nH]c(Cl)c12. The topological polar surface area (TPSA) is 48.9 Å². The molecule has 14 heavy (non-hydrogen) atoms. The van der Waals surface area contributed by atoms with Gasteiger partial charge in [-0.15, -0.1) is 0 Å². The Balaban J connectivity index is 2.69. The normalized spacial score (nSPS) is 13.4. The molecule has 0 spiro atoms. The van der Waals surface area contributed by atoms with Crippen molar-refractivity contribution in [3.63, 3.8) is 0 Å². The van der Waals surface area contributed by atoms with Crippen LogP contribution in [0.2, 0.25) is 5.15 Å². The Labute approximate surface area is 86.7 Å². The van der Waals surface area contributed by atoms with Crippen LogP contribution in [0.15, 0.2) is 18.2 Å². The van der Waals surface area contributed by atoms with Crippen LogP contribution in [0.25, 0.3) is 10.9 Å². The van der Waals surface area contributed by atoms with Crippen molar-refractivity contribution in [3.8, 4) is 0 Å². The van der Waals surface area contributed by atoms with E-state index in [1.165, 1.54) is 0 Å². The van der Waals surface area contributed by atoms with Crippen LogP contribution in [0, 0.1) is 0 Å². The Morgan fingerprint density at radius 1 is 1.57 bits per heavy atom. The number of aromatic amines is 1. The van der Waals surface area contributed by atoms with Crippen molar-refractivity contribution in [2.24, 2.45) is 0 Å². The number of aliphatic hydroxyl groups is 1. The van der Waals surface area contributed by atoms with Crippen LogP contribution in [0.3, 0.4) is 0 Å². The summed E-state index contributed by atoms with van der Waals surface area (Å²) in [5.74, 6) is 0.0776. The largest absolute Gasteiger partial charge is 0.396 e. The third-order valence-corrected chi connectivity index (χ3v) is 2.65. The summed E-state index contributed by atoms with van der Waals surface area (Å²) in [6.45, 7) is 2.07. The maximum Gasteiger partial charge on any atom is 0.132 e. The highest BCUT2D eigenvalue weighted by atomic mass is 35.5. The summed E-state index contributed by atoms with van der Waals surface area (Å²) in [6.07, 6.45) is 0. The molecule has 1 atom stereocenters. The van der Waals surface area contributed by atoms with E-state index in [1.54, 1.807) is 0 Å². The number of nitrogens with zero attached hydrogens (tertiary/aromatic N) is 1. The Kier molecular flexibility index (Phi) is 2.44. The molecule has 1 aromatic heterocycles. The minimum Gasteiger partial charge on any atom is -0.396 e. The molecule has 4 heteroatoms. The molecule has 0 bridgehead atoms. The fourth-order valence-corrected chi connectivity index (χ4v) is 1.81. The average molecular weight is 211 g/mol. The van der Waals surface area contributed by atoms with Crippen LogP contribution in [-0.4, -0.2) is 21.9 Å². The Bertz CT molecular complexity index is 452. The van der Waals surface area contributed by atoms with Crippen molar-refractivity contribution in [2.75, 3.05) is 6.61 Å². The average Bonchev–Trinajstić information content (AvgIpc) is 2.59. The second-order valence-electron chi connectivity index (χ2n) is 3.36. The molecular formula is C10H11ClN2O. The van der Waals surface area contributed by atoms with Gasteiger partial charge in [0.15, 0.2) is 0 Å². The minimum absolute atomic E-state index is 0.0776. The zero-order chi connectivity index (χ0) is 10.1. The molecule has 1 heterocycles. The van der Waals surface area contributed by atoms with Crippen LogP contribution < -0.4 is 0 Å². The highest BCUT2D eigenvalue weighted by Crippen LogP contribution is 2.29. The predicted octanol–water partition coefficient (Wildman–Crippen LogP) is 2.31. The first-order chi connectivity index (χ1) is 6.74. The molecule has 0 amide bonds. The number of hydrogen-bond donors (Lipinski definition) is 2. The van der Waals surface area contributed by atoms with E-state index in [-0.39, 0.29) is 12.5 Å². The van der Waals surface area contributed by atoms with E-state index in [0.29, 0.717) is 5.15 Å². The molecule has 0 aliphatic rings. The maximum absolute atomic E-state index is 9.10. The molecule has 2 N–H and O–H groups in total. The standard InChI is InChI=1S/C10H11ClN2O/c1-6(5-14)7-3-2-4-8-9(7)10(11)13-12-8/h2-4,6,14H,5H2,1H3,(H,12,13). The first kappa shape index (κ1) is 9.49. The lowest BCUT2D eigenvalue weighted by Crippen LogP contribution is -1.99. The van der Waals surface area contributed by atoms with E-state index in [9.17, 15) is 0 Å². The number of rotatable bonds is 2. The second kappa shape index (κ2) is 3.59. The van der Waals surface area contributed by atoms with E-state index in [4.69, 9.17) is 16.7 Å². The van der Waals surface area contributed by atoms with Gasteiger partial charge in [-0.25, -0.2) is 0 Å². The van der Waals surface area contributed by atoms with Gasteiger partial charge in [0.1, 0.15) is 5.15 Å². The number of halogens is 1. The van der Waals surface area contributed by atoms with Gasteiger partial charge in [-0.1, -0.05) is 30.7 Å². The van der Waals surface area contributed by atoms with Crippen LogP contribution in [0.5, 0.6) is 0 Å². The molecule has 0 saturated heterocycles. The highest BCUT2D eigenvalue weighted by Gasteiger charge is 2.12. The summed E-state index contributed by atoms with van der Waals surface area (Å²) in [5.41, 5.74) is 1.87. The fraction of sp³-hybridized carbons (Fsp3) is 0.300. The smallest absolute Gasteiger partial charge is 0.132 e. The van der Waals surface area contributed by atoms with Gasteiger partial charge < -0.3 is 5.11 Å². The quantitative estimate of drug-likeness (QED) is 0.799. The van der Waals surface area contributed by atoms with E-state index in [2.05, 4.69) is 10.2 Å². The van der Waals surface area contributed by atoms with Crippen molar-refractivity contribution < 1.29 is 5.11 Å². The van der Waals surface area contributed by atoms with E-state index < -0.39 is 0 Å². The summed E-state index contributed by atoms with van der Waals surface area (Å²) in [6, 6.07) is 5.77. The van der Waals surface area contributed by atoms with Crippen LogP contribution in [0.4, 0.5) is 0 Å². The molecule has 0 fully saturated rings. The summed E-state index contributed by atoms with van der Waals surface area (Å²) < 4.78 is 0. The third kappa shape index (κ3) is 1.38. The zero-order valence-corrected chi connectivity index (χ0v) is 8.54. The highest BCUT2D eigenvalue weighted by molar-refractivity contribution is 6.34. The van der Waals surface area contributed by atoms with Crippen molar-refractivity contribution in [1.82, 2.24) is 10.2 Å². The molecule has 0 aliphatic carbocycles. The lowest BCUT2D eigenvalue weighted by molar-refractivity contribution is 0.273. The van der Waals surface area contributed by atoms with Crippen molar-refractivity contribution >= 4 is 22.5 Å². The lowest BCUT2D eigenvalue weighted by atomic mass is 9.99. The molecule has 0 radical (unpaired) electrons. The second-order valence-corrected chi connectivity index (χ2v) is 3.74.